The molecule has 2 saturated heterocycles. The van der Waals surface area contributed by atoms with E-state index in [9.17, 15) is 0 Å². The molecule has 1 aliphatic carbocycles. The Labute approximate surface area is 121 Å². The van der Waals surface area contributed by atoms with Crippen LogP contribution in [0.2, 0.25) is 0 Å². The SMILES string of the molecule is c1cc(NC2CCN(C3CC3)C2)cc(N2CCCC2)c1. The van der Waals surface area contributed by atoms with Crippen molar-refractivity contribution in [3.05, 3.63) is 24.3 Å². The van der Waals surface area contributed by atoms with E-state index in [0.29, 0.717) is 6.04 Å². The van der Waals surface area contributed by atoms with Crippen LogP contribution >= 0.6 is 0 Å². The van der Waals surface area contributed by atoms with Gasteiger partial charge in [0.1, 0.15) is 0 Å². The summed E-state index contributed by atoms with van der Waals surface area (Å²) in [5.74, 6) is 0. The topological polar surface area (TPSA) is 18.5 Å². The second kappa shape index (κ2) is 5.28. The Bertz CT molecular complexity index is 463. The van der Waals surface area contributed by atoms with Gasteiger partial charge in [0.2, 0.25) is 0 Å². The molecule has 0 spiro atoms. The molecule has 3 heteroatoms. The van der Waals surface area contributed by atoms with Crippen molar-refractivity contribution in [3.63, 3.8) is 0 Å². The van der Waals surface area contributed by atoms with Crippen LogP contribution in [0.4, 0.5) is 11.4 Å². The summed E-state index contributed by atoms with van der Waals surface area (Å²) in [6.45, 7) is 4.97. The van der Waals surface area contributed by atoms with Crippen molar-refractivity contribution in [2.24, 2.45) is 0 Å². The summed E-state index contributed by atoms with van der Waals surface area (Å²) in [5.41, 5.74) is 2.70. The minimum atomic E-state index is 0.643. The van der Waals surface area contributed by atoms with E-state index < -0.39 is 0 Å². The number of nitrogens with zero attached hydrogens (tertiary/aromatic N) is 2. The zero-order valence-corrected chi connectivity index (χ0v) is 12.2. The molecule has 1 N–H and O–H groups in total. The number of likely N-dealkylation sites (tertiary alicyclic amines) is 1. The van der Waals surface area contributed by atoms with E-state index in [1.54, 1.807) is 0 Å². The van der Waals surface area contributed by atoms with Crippen LogP contribution in [0.3, 0.4) is 0 Å². The fourth-order valence-corrected chi connectivity index (χ4v) is 3.68. The van der Waals surface area contributed by atoms with Gasteiger partial charge >= 0.3 is 0 Å². The number of nitrogens with one attached hydrogen (secondary N) is 1. The first kappa shape index (κ1) is 12.5. The maximum Gasteiger partial charge on any atom is 0.0400 e. The first-order valence-electron chi connectivity index (χ1n) is 8.24. The van der Waals surface area contributed by atoms with Crippen LogP contribution in [-0.2, 0) is 0 Å². The van der Waals surface area contributed by atoms with E-state index in [0.717, 1.165) is 6.04 Å². The minimum absolute atomic E-state index is 0.643. The zero-order valence-electron chi connectivity index (χ0n) is 12.2. The molecule has 3 nitrogen and oxygen atoms in total. The third kappa shape index (κ3) is 2.64. The first-order chi connectivity index (χ1) is 9.88. The standard InChI is InChI=1S/C17H25N3/c1-2-10-19(9-1)17-5-3-4-14(12-17)18-15-8-11-20(13-15)16-6-7-16/h3-5,12,15-16,18H,1-2,6-11,13H2. The molecule has 108 valence electrons. The molecular formula is C17H25N3. The van der Waals surface area contributed by atoms with Crippen molar-refractivity contribution in [2.75, 3.05) is 36.4 Å². The summed E-state index contributed by atoms with van der Waals surface area (Å²) in [7, 11) is 0. The average molecular weight is 271 g/mol. The zero-order chi connectivity index (χ0) is 13.4. The number of anilines is 2. The molecule has 1 aromatic rings. The second-order valence-electron chi connectivity index (χ2n) is 6.60. The van der Waals surface area contributed by atoms with Crippen molar-refractivity contribution < 1.29 is 0 Å². The normalized spacial score (nSPS) is 27.2. The van der Waals surface area contributed by atoms with Gasteiger partial charge in [0.05, 0.1) is 0 Å². The van der Waals surface area contributed by atoms with Crippen molar-refractivity contribution in [1.82, 2.24) is 4.90 Å². The Hall–Kier alpha value is -1.22. The van der Waals surface area contributed by atoms with Gasteiger partial charge in [-0.1, -0.05) is 6.07 Å². The van der Waals surface area contributed by atoms with Gasteiger partial charge < -0.3 is 10.2 Å². The smallest absolute Gasteiger partial charge is 0.0400 e. The largest absolute Gasteiger partial charge is 0.381 e. The highest BCUT2D eigenvalue weighted by molar-refractivity contribution is 5.58. The Kier molecular flexibility index (Phi) is 3.31. The molecule has 20 heavy (non-hydrogen) atoms. The van der Waals surface area contributed by atoms with Gasteiger partial charge in [-0.15, -0.1) is 0 Å². The fourth-order valence-electron chi connectivity index (χ4n) is 3.68. The molecule has 3 aliphatic rings. The van der Waals surface area contributed by atoms with Gasteiger partial charge in [0, 0.05) is 49.6 Å². The molecule has 1 saturated carbocycles. The summed E-state index contributed by atoms with van der Waals surface area (Å²) >= 11 is 0. The summed E-state index contributed by atoms with van der Waals surface area (Å²) in [5, 5.41) is 3.75. The molecule has 1 aromatic carbocycles. The number of hydrogen-bond donors (Lipinski definition) is 1. The average Bonchev–Trinajstić information content (AvgIpc) is 3.00. The van der Waals surface area contributed by atoms with Crippen LogP contribution in [0.25, 0.3) is 0 Å². The van der Waals surface area contributed by atoms with Crippen molar-refractivity contribution >= 4 is 11.4 Å². The molecule has 2 aliphatic heterocycles. The summed E-state index contributed by atoms with van der Waals surface area (Å²) in [6.07, 6.45) is 6.84. The lowest BCUT2D eigenvalue weighted by Gasteiger charge is -2.20. The van der Waals surface area contributed by atoms with Gasteiger partial charge in [0.15, 0.2) is 0 Å². The van der Waals surface area contributed by atoms with Crippen LogP contribution in [0, 0.1) is 0 Å². The van der Waals surface area contributed by atoms with Gasteiger partial charge in [0.25, 0.3) is 0 Å². The van der Waals surface area contributed by atoms with Crippen molar-refractivity contribution in [1.29, 1.82) is 0 Å². The van der Waals surface area contributed by atoms with Gasteiger partial charge in [-0.3, -0.25) is 4.90 Å². The molecule has 2 heterocycles. The lowest BCUT2D eigenvalue weighted by Crippen LogP contribution is -2.27. The molecule has 0 amide bonds. The Morgan fingerprint density at radius 3 is 2.65 bits per heavy atom. The summed E-state index contributed by atoms with van der Waals surface area (Å²) in [6, 6.07) is 10.6. The van der Waals surface area contributed by atoms with Gasteiger partial charge in [-0.25, -0.2) is 0 Å². The third-order valence-electron chi connectivity index (χ3n) is 4.97. The number of rotatable bonds is 4. The fraction of sp³-hybridized carbons (Fsp3) is 0.647. The molecule has 0 radical (unpaired) electrons. The Morgan fingerprint density at radius 2 is 1.85 bits per heavy atom. The molecular weight excluding hydrogens is 246 g/mol. The van der Waals surface area contributed by atoms with Crippen LogP contribution in [-0.4, -0.2) is 43.2 Å². The maximum atomic E-state index is 3.75. The first-order valence-corrected chi connectivity index (χ1v) is 8.24. The molecule has 0 bridgehead atoms. The van der Waals surface area contributed by atoms with Gasteiger partial charge in [-0.05, 0) is 50.3 Å². The van der Waals surface area contributed by atoms with Gasteiger partial charge in [-0.2, -0.15) is 0 Å². The van der Waals surface area contributed by atoms with E-state index in [1.807, 2.05) is 0 Å². The van der Waals surface area contributed by atoms with E-state index in [4.69, 9.17) is 0 Å². The third-order valence-corrected chi connectivity index (χ3v) is 4.97. The highest BCUT2D eigenvalue weighted by Crippen LogP contribution is 2.31. The molecule has 0 aromatic heterocycles. The van der Waals surface area contributed by atoms with Crippen molar-refractivity contribution in [3.8, 4) is 0 Å². The van der Waals surface area contributed by atoms with E-state index in [2.05, 4.69) is 39.4 Å². The van der Waals surface area contributed by atoms with Crippen LogP contribution in [0.15, 0.2) is 24.3 Å². The highest BCUT2D eigenvalue weighted by Gasteiger charge is 2.34. The van der Waals surface area contributed by atoms with E-state index in [1.165, 1.54) is 69.7 Å². The molecule has 4 rings (SSSR count). The van der Waals surface area contributed by atoms with Crippen LogP contribution in [0.5, 0.6) is 0 Å². The summed E-state index contributed by atoms with van der Waals surface area (Å²) < 4.78 is 0. The maximum absolute atomic E-state index is 3.75. The Morgan fingerprint density at radius 1 is 1.00 bits per heavy atom. The Balaban J connectivity index is 1.39. The molecule has 1 atom stereocenters. The predicted octanol–water partition coefficient (Wildman–Crippen LogP) is 2.94. The summed E-state index contributed by atoms with van der Waals surface area (Å²) in [4.78, 5) is 5.18. The van der Waals surface area contributed by atoms with E-state index in [-0.39, 0.29) is 0 Å². The minimum Gasteiger partial charge on any atom is -0.381 e. The van der Waals surface area contributed by atoms with Crippen LogP contribution < -0.4 is 10.2 Å². The van der Waals surface area contributed by atoms with Crippen molar-refractivity contribution in [2.45, 2.75) is 44.2 Å². The quantitative estimate of drug-likeness (QED) is 0.908. The molecule has 1 unspecified atom stereocenters. The number of hydrogen-bond acceptors (Lipinski definition) is 3. The number of benzene rings is 1. The predicted molar refractivity (Wildman–Crippen MR) is 84.5 cm³/mol. The second-order valence-corrected chi connectivity index (χ2v) is 6.60. The highest BCUT2D eigenvalue weighted by atomic mass is 15.2. The lowest BCUT2D eigenvalue weighted by molar-refractivity contribution is 0.326. The molecule has 3 fully saturated rings. The lowest BCUT2D eigenvalue weighted by atomic mass is 10.2. The monoisotopic (exact) mass is 271 g/mol. The van der Waals surface area contributed by atoms with E-state index >= 15 is 0 Å². The van der Waals surface area contributed by atoms with Crippen LogP contribution in [0.1, 0.15) is 32.1 Å².